The van der Waals surface area contributed by atoms with Crippen LogP contribution < -0.4 is 10.6 Å². The molecule has 134 valence electrons. The molecule has 0 radical (unpaired) electrons. The maximum atomic E-state index is 12.1. The van der Waals surface area contributed by atoms with Crippen LogP contribution in [0, 0.1) is 5.92 Å². The van der Waals surface area contributed by atoms with Gasteiger partial charge in [0.05, 0.1) is 12.6 Å². The van der Waals surface area contributed by atoms with Gasteiger partial charge in [-0.2, -0.15) is 0 Å². The summed E-state index contributed by atoms with van der Waals surface area (Å²) in [6.45, 7) is 10.3. The number of rotatable bonds is 7. The van der Waals surface area contributed by atoms with Crippen molar-refractivity contribution in [1.29, 1.82) is 0 Å². The summed E-state index contributed by atoms with van der Waals surface area (Å²) in [5.74, 6) is -0.466. The van der Waals surface area contributed by atoms with Crippen LogP contribution in [0.15, 0.2) is 24.3 Å². The van der Waals surface area contributed by atoms with Crippen molar-refractivity contribution >= 4 is 11.8 Å². The Morgan fingerprint density at radius 1 is 1.12 bits per heavy atom. The van der Waals surface area contributed by atoms with Gasteiger partial charge in [-0.05, 0) is 29.0 Å². The number of hydrogen-bond donors (Lipinski definition) is 3. The first-order valence-corrected chi connectivity index (χ1v) is 8.48. The lowest BCUT2D eigenvalue weighted by Gasteiger charge is -2.19. The lowest BCUT2D eigenvalue weighted by molar-refractivity contribution is -0.120. The molecule has 0 fully saturated rings. The molecule has 24 heavy (non-hydrogen) atoms. The summed E-state index contributed by atoms with van der Waals surface area (Å²) in [4.78, 5) is 23.8. The van der Waals surface area contributed by atoms with Gasteiger partial charge in [-0.25, -0.2) is 0 Å². The van der Waals surface area contributed by atoms with Gasteiger partial charge in [0.1, 0.15) is 0 Å². The monoisotopic (exact) mass is 334 g/mol. The first-order chi connectivity index (χ1) is 11.1. The number of hydrogen-bond acceptors (Lipinski definition) is 3. The minimum absolute atomic E-state index is 0.0331. The Kier molecular flexibility index (Phi) is 7.42. The first-order valence-electron chi connectivity index (χ1n) is 8.48. The van der Waals surface area contributed by atoms with Gasteiger partial charge in [-0.1, -0.05) is 53.2 Å². The number of aliphatic hydroxyl groups excluding tert-OH is 1. The lowest BCUT2D eigenvalue weighted by atomic mass is 9.87. The normalized spacial score (nSPS) is 13.9. The van der Waals surface area contributed by atoms with Gasteiger partial charge >= 0.3 is 0 Å². The zero-order valence-corrected chi connectivity index (χ0v) is 15.3. The van der Waals surface area contributed by atoms with E-state index < -0.39 is 6.10 Å². The molecule has 1 aromatic rings. The average molecular weight is 334 g/mol. The fraction of sp³-hybridized carbons (Fsp3) is 0.579. The molecule has 1 rings (SSSR count). The number of carbonyl (C=O) groups excluding carboxylic acids is 2. The number of carbonyl (C=O) groups is 2. The summed E-state index contributed by atoms with van der Waals surface area (Å²) in [5.41, 5.74) is 1.71. The Morgan fingerprint density at radius 3 is 2.21 bits per heavy atom. The van der Waals surface area contributed by atoms with E-state index in [2.05, 4.69) is 31.4 Å². The molecule has 3 N–H and O–H groups in total. The van der Waals surface area contributed by atoms with E-state index in [1.807, 2.05) is 26.0 Å². The second-order valence-corrected chi connectivity index (χ2v) is 7.27. The van der Waals surface area contributed by atoms with Crippen LogP contribution in [0.3, 0.4) is 0 Å². The summed E-state index contributed by atoms with van der Waals surface area (Å²) in [7, 11) is 0. The minimum Gasteiger partial charge on any atom is -0.391 e. The summed E-state index contributed by atoms with van der Waals surface area (Å²) in [5, 5.41) is 15.0. The number of amides is 2. The van der Waals surface area contributed by atoms with Crippen LogP contribution in [0.25, 0.3) is 0 Å². The highest BCUT2D eigenvalue weighted by Gasteiger charge is 2.16. The molecule has 5 heteroatoms. The standard InChI is InChI=1S/C19H30N2O3/c1-6-13(2)16(22)11-20-17(23)12-21-18(24)14-7-9-15(10-8-14)19(3,4)5/h7-10,13,16,22H,6,11-12H2,1-5H3,(H,20,23)(H,21,24). The van der Waals surface area contributed by atoms with Crippen molar-refractivity contribution in [3.8, 4) is 0 Å². The van der Waals surface area contributed by atoms with Crippen molar-refractivity contribution in [1.82, 2.24) is 10.6 Å². The van der Waals surface area contributed by atoms with Gasteiger partial charge in [0.15, 0.2) is 0 Å². The van der Waals surface area contributed by atoms with E-state index in [0.717, 1.165) is 12.0 Å². The predicted octanol–water partition coefficient (Wildman–Crippen LogP) is 2.24. The number of benzene rings is 1. The fourth-order valence-electron chi connectivity index (χ4n) is 2.14. The van der Waals surface area contributed by atoms with E-state index in [9.17, 15) is 14.7 Å². The van der Waals surface area contributed by atoms with Crippen molar-refractivity contribution in [3.05, 3.63) is 35.4 Å². The Labute approximate surface area is 144 Å². The van der Waals surface area contributed by atoms with Crippen molar-refractivity contribution in [2.45, 2.75) is 52.6 Å². The fourth-order valence-corrected chi connectivity index (χ4v) is 2.14. The van der Waals surface area contributed by atoms with Gasteiger partial charge < -0.3 is 15.7 Å². The van der Waals surface area contributed by atoms with Crippen molar-refractivity contribution < 1.29 is 14.7 Å². The molecule has 0 aliphatic heterocycles. The van der Waals surface area contributed by atoms with E-state index >= 15 is 0 Å². The molecular weight excluding hydrogens is 304 g/mol. The lowest BCUT2D eigenvalue weighted by Crippen LogP contribution is -2.41. The number of aliphatic hydroxyl groups is 1. The molecule has 0 heterocycles. The molecule has 0 aliphatic rings. The Balaban J connectivity index is 2.44. The molecule has 0 saturated carbocycles. The molecule has 0 bridgehead atoms. The molecule has 0 aliphatic carbocycles. The molecule has 0 spiro atoms. The third kappa shape index (κ3) is 6.32. The maximum Gasteiger partial charge on any atom is 0.251 e. The third-order valence-electron chi connectivity index (χ3n) is 4.23. The van der Waals surface area contributed by atoms with Crippen LogP contribution in [-0.4, -0.2) is 36.1 Å². The summed E-state index contributed by atoms with van der Waals surface area (Å²) < 4.78 is 0. The summed E-state index contributed by atoms with van der Waals surface area (Å²) in [6.07, 6.45) is 0.276. The zero-order valence-electron chi connectivity index (χ0n) is 15.3. The summed E-state index contributed by atoms with van der Waals surface area (Å²) >= 11 is 0. The van der Waals surface area contributed by atoms with Gasteiger partial charge in [0.25, 0.3) is 5.91 Å². The predicted molar refractivity (Wildman–Crippen MR) is 95.9 cm³/mol. The van der Waals surface area contributed by atoms with Gasteiger partial charge in [0, 0.05) is 12.1 Å². The van der Waals surface area contributed by atoms with Crippen LogP contribution in [-0.2, 0) is 10.2 Å². The van der Waals surface area contributed by atoms with Crippen LogP contribution >= 0.6 is 0 Å². The van der Waals surface area contributed by atoms with Crippen molar-refractivity contribution in [3.63, 3.8) is 0 Å². The van der Waals surface area contributed by atoms with E-state index in [0.29, 0.717) is 5.56 Å². The molecule has 2 atom stereocenters. The highest BCUT2D eigenvalue weighted by Crippen LogP contribution is 2.22. The minimum atomic E-state index is -0.570. The molecule has 0 aromatic heterocycles. The Hall–Kier alpha value is -1.88. The highest BCUT2D eigenvalue weighted by molar-refractivity contribution is 5.96. The molecule has 0 saturated heterocycles. The van der Waals surface area contributed by atoms with E-state index in [4.69, 9.17) is 0 Å². The van der Waals surface area contributed by atoms with E-state index in [1.165, 1.54) is 0 Å². The molecule has 2 unspecified atom stereocenters. The van der Waals surface area contributed by atoms with Crippen molar-refractivity contribution in [2.24, 2.45) is 5.92 Å². The second-order valence-electron chi connectivity index (χ2n) is 7.27. The highest BCUT2D eigenvalue weighted by atomic mass is 16.3. The molecule has 2 amide bonds. The topological polar surface area (TPSA) is 78.4 Å². The third-order valence-corrected chi connectivity index (χ3v) is 4.23. The second kappa shape index (κ2) is 8.83. The van der Waals surface area contributed by atoms with Crippen LogP contribution in [0.5, 0.6) is 0 Å². The quantitative estimate of drug-likeness (QED) is 0.715. The molecular formula is C19H30N2O3. The van der Waals surface area contributed by atoms with E-state index in [1.54, 1.807) is 12.1 Å². The van der Waals surface area contributed by atoms with E-state index in [-0.39, 0.29) is 36.2 Å². The van der Waals surface area contributed by atoms with Gasteiger partial charge in [-0.3, -0.25) is 9.59 Å². The van der Waals surface area contributed by atoms with Crippen LogP contribution in [0.4, 0.5) is 0 Å². The molecule has 1 aromatic carbocycles. The molecule has 5 nitrogen and oxygen atoms in total. The first kappa shape index (κ1) is 20.2. The van der Waals surface area contributed by atoms with Crippen molar-refractivity contribution in [2.75, 3.05) is 13.1 Å². The largest absolute Gasteiger partial charge is 0.391 e. The summed E-state index contributed by atoms with van der Waals surface area (Å²) in [6, 6.07) is 7.38. The van der Waals surface area contributed by atoms with Gasteiger partial charge in [-0.15, -0.1) is 0 Å². The maximum absolute atomic E-state index is 12.1. The smallest absolute Gasteiger partial charge is 0.251 e. The Bertz CT molecular complexity index is 547. The SMILES string of the molecule is CCC(C)C(O)CNC(=O)CNC(=O)c1ccc(C(C)(C)C)cc1. The average Bonchev–Trinajstić information content (AvgIpc) is 2.55. The van der Waals surface area contributed by atoms with Gasteiger partial charge in [0.2, 0.25) is 5.91 Å². The zero-order chi connectivity index (χ0) is 18.3. The Morgan fingerprint density at radius 2 is 1.71 bits per heavy atom. The number of nitrogens with one attached hydrogen (secondary N) is 2. The van der Waals surface area contributed by atoms with Crippen LogP contribution in [0.1, 0.15) is 57.0 Å². The van der Waals surface area contributed by atoms with Crippen LogP contribution in [0.2, 0.25) is 0 Å².